The van der Waals surface area contributed by atoms with Crippen LogP contribution in [0.1, 0.15) is 5.56 Å². The molecule has 0 saturated carbocycles. The van der Waals surface area contributed by atoms with Crippen LogP contribution in [0.4, 0.5) is 0 Å². The molecular formula is C9H11Si. The molecule has 0 fully saturated rings. The van der Waals surface area contributed by atoms with Crippen LogP contribution in [0.15, 0.2) is 36.9 Å². The highest BCUT2D eigenvalue weighted by Crippen LogP contribution is 1.95. The Labute approximate surface area is 65.0 Å². The van der Waals surface area contributed by atoms with E-state index >= 15 is 0 Å². The van der Waals surface area contributed by atoms with E-state index in [0.717, 1.165) is 6.42 Å². The lowest BCUT2D eigenvalue weighted by molar-refractivity contribution is 1.30. The van der Waals surface area contributed by atoms with Crippen LogP contribution in [-0.2, 0) is 6.42 Å². The Morgan fingerprint density at radius 2 is 2.10 bits per heavy atom. The molecule has 0 aromatic heterocycles. The van der Waals surface area contributed by atoms with Crippen LogP contribution in [0, 0.1) is 0 Å². The van der Waals surface area contributed by atoms with Gasteiger partial charge >= 0.3 is 0 Å². The summed E-state index contributed by atoms with van der Waals surface area (Å²) in [6.07, 6.45) is 2.92. The first-order chi connectivity index (χ1) is 4.84. The average molecular weight is 147 g/mol. The Morgan fingerprint density at radius 3 is 2.70 bits per heavy atom. The van der Waals surface area contributed by atoms with E-state index in [0.29, 0.717) is 0 Å². The molecule has 0 aliphatic heterocycles. The number of allylic oxidation sites excluding steroid dienone is 1. The molecule has 0 amide bonds. The Balaban J connectivity index is 2.91. The maximum atomic E-state index is 3.70. The van der Waals surface area contributed by atoms with E-state index in [9.17, 15) is 0 Å². The fourth-order valence-corrected chi connectivity index (χ4v) is 1.31. The van der Waals surface area contributed by atoms with Gasteiger partial charge < -0.3 is 0 Å². The van der Waals surface area contributed by atoms with E-state index in [4.69, 9.17) is 0 Å². The van der Waals surface area contributed by atoms with Crippen molar-refractivity contribution in [1.82, 2.24) is 0 Å². The predicted molar refractivity (Wildman–Crippen MR) is 48.5 cm³/mol. The molecule has 51 valence electrons. The van der Waals surface area contributed by atoms with Gasteiger partial charge in [-0.15, -0.1) is 6.58 Å². The van der Waals surface area contributed by atoms with E-state index in [1.165, 1.54) is 10.8 Å². The first-order valence-corrected chi connectivity index (χ1v) is 4.06. The van der Waals surface area contributed by atoms with Gasteiger partial charge in [-0.3, -0.25) is 0 Å². The number of rotatable bonds is 2. The minimum absolute atomic E-state index is 0.986. The van der Waals surface area contributed by atoms with Gasteiger partial charge in [0.15, 0.2) is 0 Å². The molecule has 0 saturated heterocycles. The van der Waals surface area contributed by atoms with E-state index in [1.54, 1.807) is 0 Å². The third kappa shape index (κ3) is 1.58. The number of hydrogen-bond acceptors (Lipinski definition) is 0. The second kappa shape index (κ2) is 3.37. The third-order valence-corrected chi connectivity index (χ3v) is 2.17. The van der Waals surface area contributed by atoms with Crippen LogP contribution in [0.2, 0.25) is 0 Å². The van der Waals surface area contributed by atoms with Crippen molar-refractivity contribution in [3.63, 3.8) is 0 Å². The smallest absolute Gasteiger partial charge is 0.0481 e. The SMILES string of the molecule is C=CCc1ccccc1[SiH2]. The van der Waals surface area contributed by atoms with Crippen LogP contribution in [0.3, 0.4) is 0 Å². The van der Waals surface area contributed by atoms with Crippen molar-refractivity contribution < 1.29 is 0 Å². The lowest BCUT2D eigenvalue weighted by Crippen LogP contribution is -2.07. The molecule has 0 nitrogen and oxygen atoms in total. The molecule has 0 aliphatic rings. The van der Waals surface area contributed by atoms with Crippen molar-refractivity contribution >= 4 is 15.4 Å². The van der Waals surface area contributed by atoms with Crippen molar-refractivity contribution in [2.75, 3.05) is 0 Å². The predicted octanol–water partition coefficient (Wildman–Crippen LogP) is 0.673. The number of benzene rings is 1. The summed E-state index contributed by atoms with van der Waals surface area (Å²) in [4.78, 5) is 0. The summed E-state index contributed by atoms with van der Waals surface area (Å²) in [7, 11) is 1.93. The maximum absolute atomic E-state index is 3.70. The molecular weight excluding hydrogens is 136 g/mol. The molecule has 0 heterocycles. The highest BCUT2D eigenvalue weighted by Gasteiger charge is 1.90. The summed E-state index contributed by atoms with van der Waals surface area (Å²) in [5.41, 5.74) is 1.39. The maximum Gasteiger partial charge on any atom is 0.0481 e. The molecule has 1 rings (SSSR count). The molecule has 0 spiro atoms. The van der Waals surface area contributed by atoms with Gasteiger partial charge in [-0.25, -0.2) is 0 Å². The largest absolute Gasteiger partial charge is 0.103 e. The third-order valence-electron chi connectivity index (χ3n) is 1.48. The fourth-order valence-electron chi connectivity index (χ4n) is 0.912. The monoisotopic (exact) mass is 147 g/mol. The molecule has 0 aliphatic carbocycles. The van der Waals surface area contributed by atoms with Gasteiger partial charge in [0.1, 0.15) is 0 Å². The Kier molecular flexibility index (Phi) is 2.46. The van der Waals surface area contributed by atoms with E-state index < -0.39 is 0 Å². The van der Waals surface area contributed by atoms with Crippen LogP contribution >= 0.6 is 0 Å². The Bertz CT molecular complexity index is 228. The van der Waals surface area contributed by atoms with E-state index in [-0.39, 0.29) is 0 Å². The summed E-state index contributed by atoms with van der Waals surface area (Å²) < 4.78 is 0. The van der Waals surface area contributed by atoms with Crippen LogP contribution in [-0.4, -0.2) is 10.2 Å². The first-order valence-electron chi connectivity index (χ1n) is 3.35. The minimum atomic E-state index is 0.986. The minimum Gasteiger partial charge on any atom is -0.103 e. The zero-order chi connectivity index (χ0) is 7.40. The van der Waals surface area contributed by atoms with Crippen LogP contribution in [0.25, 0.3) is 0 Å². The molecule has 0 N–H and O–H groups in total. The summed E-state index contributed by atoms with van der Waals surface area (Å²) in [6.45, 7) is 3.70. The summed E-state index contributed by atoms with van der Waals surface area (Å²) >= 11 is 0. The van der Waals surface area contributed by atoms with Crippen LogP contribution < -0.4 is 5.19 Å². The lowest BCUT2D eigenvalue weighted by Gasteiger charge is -1.99. The molecule has 0 bridgehead atoms. The molecule has 1 heteroatoms. The van der Waals surface area contributed by atoms with Gasteiger partial charge in [0.2, 0.25) is 0 Å². The molecule has 0 atom stereocenters. The van der Waals surface area contributed by atoms with Crippen molar-refractivity contribution in [1.29, 1.82) is 0 Å². The van der Waals surface area contributed by atoms with Gasteiger partial charge in [0.05, 0.1) is 0 Å². The average Bonchev–Trinajstić information content (AvgIpc) is 1.94. The Hall–Kier alpha value is -0.823. The van der Waals surface area contributed by atoms with Gasteiger partial charge in [0.25, 0.3) is 0 Å². The fraction of sp³-hybridized carbons (Fsp3) is 0.111. The van der Waals surface area contributed by atoms with Gasteiger partial charge in [-0.2, -0.15) is 0 Å². The van der Waals surface area contributed by atoms with Crippen molar-refractivity contribution in [2.45, 2.75) is 6.42 Å². The molecule has 0 unspecified atom stereocenters. The van der Waals surface area contributed by atoms with Gasteiger partial charge in [-0.1, -0.05) is 35.5 Å². The zero-order valence-electron chi connectivity index (χ0n) is 6.01. The molecule has 10 heavy (non-hydrogen) atoms. The highest BCUT2D eigenvalue weighted by atomic mass is 28.1. The topological polar surface area (TPSA) is 0 Å². The molecule has 1 radical (unpaired) electrons. The van der Waals surface area contributed by atoms with Crippen LogP contribution in [0.5, 0.6) is 0 Å². The molecule has 1 aromatic carbocycles. The molecule has 1 aromatic rings. The van der Waals surface area contributed by atoms with Crippen molar-refractivity contribution in [3.8, 4) is 0 Å². The normalized spacial score (nSPS) is 9.30. The second-order valence-corrected chi connectivity index (χ2v) is 3.02. The Morgan fingerprint density at radius 1 is 1.40 bits per heavy atom. The van der Waals surface area contributed by atoms with Crippen molar-refractivity contribution in [3.05, 3.63) is 42.5 Å². The standard InChI is InChI=1S/C9H11Si/c1-2-5-8-6-3-4-7-9(8)10/h2-4,6-7H,1,5,10H2. The van der Waals surface area contributed by atoms with E-state index in [1.807, 2.05) is 16.3 Å². The quantitative estimate of drug-likeness (QED) is 0.426. The lowest BCUT2D eigenvalue weighted by atomic mass is 10.1. The van der Waals surface area contributed by atoms with Gasteiger partial charge in [0, 0.05) is 10.2 Å². The highest BCUT2D eigenvalue weighted by molar-refractivity contribution is 6.33. The van der Waals surface area contributed by atoms with Gasteiger partial charge in [-0.05, 0) is 12.0 Å². The zero-order valence-corrected chi connectivity index (χ0v) is 7.42. The summed E-state index contributed by atoms with van der Waals surface area (Å²) in [6, 6.07) is 8.41. The first kappa shape index (κ1) is 7.29. The summed E-state index contributed by atoms with van der Waals surface area (Å²) in [5.74, 6) is 0. The summed E-state index contributed by atoms with van der Waals surface area (Å²) in [5, 5.41) is 1.38. The van der Waals surface area contributed by atoms with E-state index in [2.05, 4.69) is 30.8 Å². The number of hydrogen-bond donors (Lipinski definition) is 0. The second-order valence-electron chi connectivity index (χ2n) is 2.26. The van der Waals surface area contributed by atoms with Crippen molar-refractivity contribution in [2.24, 2.45) is 0 Å².